The highest BCUT2D eigenvalue weighted by molar-refractivity contribution is 5.96. The molecule has 2 aliphatic heterocycles. The van der Waals surface area contributed by atoms with Crippen molar-refractivity contribution in [1.82, 2.24) is 19.7 Å². The van der Waals surface area contributed by atoms with Gasteiger partial charge in [-0.05, 0) is 19.1 Å². The van der Waals surface area contributed by atoms with Crippen molar-refractivity contribution in [2.24, 2.45) is 0 Å². The standard InChI is InChI=1S/C19H22N4O4/c1-12-3-5-13(6-4-12)18(25)22-8-7-16-15(10-22)17-19(26)21(2)27-14(11-24)9-23(17)20-16/h3-6,14,24H,7-11H2,1-2H3. The van der Waals surface area contributed by atoms with Gasteiger partial charge in [-0.1, -0.05) is 17.7 Å². The number of rotatable bonds is 2. The van der Waals surface area contributed by atoms with E-state index in [9.17, 15) is 14.7 Å². The van der Waals surface area contributed by atoms with Gasteiger partial charge in [-0.15, -0.1) is 0 Å². The first-order chi connectivity index (χ1) is 13.0. The maximum absolute atomic E-state index is 12.9. The summed E-state index contributed by atoms with van der Waals surface area (Å²) < 4.78 is 1.61. The van der Waals surface area contributed by atoms with Crippen molar-refractivity contribution < 1.29 is 19.5 Å². The van der Waals surface area contributed by atoms with Crippen molar-refractivity contribution in [3.05, 3.63) is 52.3 Å². The lowest BCUT2D eigenvalue weighted by molar-refractivity contribution is -0.159. The van der Waals surface area contributed by atoms with Gasteiger partial charge in [0.25, 0.3) is 11.8 Å². The number of fused-ring (bicyclic) bond motifs is 3. The van der Waals surface area contributed by atoms with Crippen LogP contribution in [-0.2, 0) is 24.3 Å². The monoisotopic (exact) mass is 370 g/mol. The Morgan fingerprint density at radius 3 is 2.78 bits per heavy atom. The Hall–Kier alpha value is -2.71. The van der Waals surface area contributed by atoms with E-state index < -0.39 is 6.10 Å². The number of hydrogen-bond donors (Lipinski definition) is 1. The highest BCUT2D eigenvalue weighted by Gasteiger charge is 2.35. The average Bonchev–Trinajstić information content (AvgIpc) is 2.97. The molecule has 0 aliphatic carbocycles. The lowest BCUT2D eigenvalue weighted by atomic mass is 10.0. The Morgan fingerprint density at radius 2 is 2.07 bits per heavy atom. The maximum Gasteiger partial charge on any atom is 0.295 e. The lowest BCUT2D eigenvalue weighted by Gasteiger charge is -2.27. The van der Waals surface area contributed by atoms with E-state index in [-0.39, 0.29) is 18.4 Å². The molecule has 3 heterocycles. The molecule has 0 spiro atoms. The molecule has 8 nitrogen and oxygen atoms in total. The van der Waals surface area contributed by atoms with E-state index in [1.54, 1.807) is 9.58 Å². The first kappa shape index (κ1) is 17.7. The fourth-order valence-electron chi connectivity index (χ4n) is 3.59. The van der Waals surface area contributed by atoms with Crippen LogP contribution < -0.4 is 0 Å². The number of amides is 2. The first-order valence-electron chi connectivity index (χ1n) is 8.98. The van der Waals surface area contributed by atoms with Crippen LogP contribution in [0.15, 0.2) is 24.3 Å². The second-order valence-electron chi connectivity index (χ2n) is 7.01. The molecule has 1 N–H and O–H groups in total. The van der Waals surface area contributed by atoms with E-state index in [0.717, 1.165) is 21.9 Å². The molecule has 0 saturated heterocycles. The molecule has 2 amide bonds. The van der Waals surface area contributed by atoms with Crippen molar-refractivity contribution in [3.63, 3.8) is 0 Å². The van der Waals surface area contributed by atoms with Gasteiger partial charge in [0, 0.05) is 31.1 Å². The molecular weight excluding hydrogens is 348 g/mol. The fraction of sp³-hybridized carbons (Fsp3) is 0.421. The molecule has 0 bridgehead atoms. The number of aliphatic hydroxyl groups is 1. The number of carbonyl (C=O) groups excluding carboxylic acids is 2. The quantitative estimate of drug-likeness (QED) is 0.844. The number of carbonyl (C=O) groups is 2. The smallest absolute Gasteiger partial charge is 0.295 e. The number of benzene rings is 1. The summed E-state index contributed by atoms with van der Waals surface area (Å²) >= 11 is 0. The third-order valence-electron chi connectivity index (χ3n) is 5.06. The minimum Gasteiger partial charge on any atom is -0.393 e. The molecule has 0 radical (unpaired) electrons. The summed E-state index contributed by atoms with van der Waals surface area (Å²) in [5, 5.41) is 15.1. The van der Waals surface area contributed by atoms with Crippen LogP contribution >= 0.6 is 0 Å². The topological polar surface area (TPSA) is 87.9 Å². The highest BCUT2D eigenvalue weighted by atomic mass is 16.7. The zero-order chi connectivity index (χ0) is 19.1. The molecule has 1 unspecified atom stereocenters. The summed E-state index contributed by atoms with van der Waals surface area (Å²) in [6, 6.07) is 7.48. The molecule has 1 aromatic heterocycles. The third-order valence-corrected chi connectivity index (χ3v) is 5.06. The molecule has 27 heavy (non-hydrogen) atoms. The van der Waals surface area contributed by atoms with E-state index in [2.05, 4.69) is 5.10 Å². The predicted molar refractivity (Wildman–Crippen MR) is 95.9 cm³/mol. The van der Waals surface area contributed by atoms with E-state index in [0.29, 0.717) is 37.3 Å². The predicted octanol–water partition coefficient (Wildman–Crippen LogP) is 0.768. The van der Waals surface area contributed by atoms with E-state index in [1.807, 2.05) is 31.2 Å². The fourth-order valence-corrected chi connectivity index (χ4v) is 3.59. The molecule has 0 fully saturated rings. The Kier molecular flexibility index (Phi) is 4.45. The number of aliphatic hydroxyl groups excluding tert-OH is 1. The lowest BCUT2D eigenvalue weighted by Crippen LogP contribution is -2.37. The van der Waals surface area contributed by atoms with Gasteiger partial charge < -0.3 is 10.0 Å². The first-order valence-corrected chi connectivity index (χ1v) is 8.98. The Balaban J connectivity index is 1.65. The molecule has 2 aliphatic rings. The Bertz CT molecular complexity index is 890. The van der Waals surface area contributed by atoms with Crippen LogP contribution in [0.1, 0.15) is 37.7 Å². The molecule has 4 rings (SSSR count). The van der Waals surface area contributed by atoms with Gasteiger partial charge in [0.15, 0.2) is 0 Å². The second-order valence-corrected chi connectivity index (χ2v) is 7.01. The maximum atomic E-state index is 12.9. The van der Waals surface area contributed by atoms with Gasteiger partial charge in [0.1, 0.15) is 11.8 Å². The molecule has 1 aromatic carbocycles. The van der Waals surface area contributed by atoms with Gasteiger partial charge in [0.2, 0.25) is 0 Å². The number of aryl methyl sites for hydroxylation is 1. The van der Waals surface area contributed by atoms with Crippen LogP contribution in [0.5, 0.6) is 0 Å². The minimum absolute atomic E-state index is 0.0560. The number of nitrogens with zero attached hydrogens (tertiary/aromatic N) is 4. The van der Waals surface area contributed by atoms with E-state index >= 15 is 0 Å². The van der Waals surface area contributed by atoms with E-state index in [1.165, 1.54) is 7.05 Å². The van der Waals surface area contributed by atoms with Gasteiger partial charge in [-0.2, -0.15) is 5.10 Å². The summed E-state index contributed by atoms with van der Waals surface area (Å²) in [5.74, 6) is -0.371. The van der Waals surface area contributed by atoms with Crippen LogP contribution in [0.25, 0.3) is 0 Å². The summed E-state index contributed by atoms with van der Waals surface area (Å²) in [6.07, 6.45) is 0.0565. The summed E-state index contributed by atoms with van der Waals surface area (Å²) in [6.45, 7) is 2.95. The highest BCUT2D eigenvalue weighted by Crippen LogP contribution is 2.27. The molecular formula is C19H22N4O4. The van der Waals surface area contributed by atoms with Crippen LogP contribution in [0.4, 0.5) is 0 Å². The summed E-state index contributed by atoms with van der Waals surface area (Å²) in [7, 11) is 1.53. The third kappa shape index (κ3) is 3.11. The molecule has 8 heteroatoms. The Labute approximate surface area is 156 Å². The van der Waals surface area contributed by atoms with Crippen molar-refractivity contribution >= 4 is 11.8 Å². The second kappa shape index (κ2) is 6.79. The summed E-state index contributed by atoms with van der Waals surface area (Å²) in [5.41, 5.74) is 3.76. The summed E-state index contributed by atoms with van der Waals surface area (Å²) in [4.78, 5) is 32.8. The van der Waals surface area contributed by atoms with Gasteiger partial charge in [-0.25, -0.2) is 5.06 Å². The largest absolute Gasteiger partial charge is 0.393 e. The van der Waals surface area contributed by atoms with Crippen molar-refractivity contribution in [2.45, 2.75) is 32.5 Å². The van der Waals surface area contributed by atoms with Crippen LogP contribution in [0.3, 0.4) is 0 Å². The molecule has 1 atom stereocenters. The van der Waals surface area contributed by atoms with Gasteiger partial charge >= 0.3 is 0 Å². The number of hydrogen-bond acceptors (Lipinski definition) is 5. The van der Waals surface area contributed by atoms with Gasteiger partial charge in [0.05, 0.1) is 25.4 Å². The molecule has 142 valence electrons. The number of aromatic nitrogens is 2. The van der Waals surface area contributed by atoms with Crippen LogP contribution in [0.2, 0.25) is 0 Å². The van der Waals surface area contributed by atoms with Crippen LogP contribution in [-0.4, -0.2) is 63.0 Å². The zero-order valence-corrected chi connectivity index (χ0v) is 15.4. The molecule has 0 saturated carbocycles. The average molecular weight is 370 g/mol. The normalized spacial score (nSPS) is 19.5. The number of hydroxylamine groups is 2. The van der Waals surface area contributed by atoms with Crippen LogP contribution in [0, 0.1) is 6.92 Å². The van der Waals surface area contributed by atoms with Crippen molar-refractivity contribution in [3.8, 4) is 0 Å². The molecule has 2 aromatic rings. The van der Waals surface area contributed by atoms with E-state index in [4.69, 9.17) is 4.84 Å². The minimum atomic E-state index is -0.535. The zero-order valence-electron chi connectivity index (χ0n) is 15.4. The van der Waals surface area contributed by atoms with Gasteiger partial charge in [-0.3, -0.25) is 19.1 Å². The van der Waals surface area contributed by atoms with Crippen molar-refractivity contribution in [2.75, 3.05) is 20.2 Å². The SMILES string of the molecule is Cc1ccc(C(=O)N2CCc3nn4c(c3C2)C(=O)N(C)OC(CO)C4)cc1. The Morgan fingerprint density at radius 1 is 1.33 bits per heavy atom. The van der Waals surface area contributed by atoms with Crippen molar-refractivity contribution in [1.29, 1.82) is 0 Å².